The lowest BCUT2D eigenvalue weighted by Gasteiger charge is -2.39. The van der Waals surface area contributed by atoms with Crippen LogP contribution in [0.25, 0.3) is 0 Å². The normalized spacial score (nSPS) is 25.0. The van der Waals surface area contributed by atoms with Crippen molar-refractivity contribution in [1.82, 2.24) is 19.7 Å². The molecule has 2 fully saturated rings. The molecule has 7 heteroatoms. The first-order valence-electron chi connectivity index (χ1n) is 8.60. The molecule has 2 aliphatic heterocycles. The SMILES string of the molecule is COc1cccc(C(=O)N2C3CCC2CC(n2cncn2)C3)c1OC. The first-order chi connectivity index (χ1) is 12.2. The summed E-state index contributed by atoms with van der Waals surface area (Å²) in [6.45, 7) is 0. The average molecular weight is 342 g/mol. The van der Waals surface area contributed by atoms with Gasteiger partial charge >= 0.3 is 0 Å². The molecule has 132 valence electrons. The fraction of sp³-hybridized carbons (Fsp3) is 0.500. The van der Waals surface area contributed by atoms with E-state index in [1.165, 1.54) is 0 Å². The van der Waals surface area contributed by atoms with Crippen LogP contribution in [0.1, 0.15) is 42.1 Å². The van der Waals surface area contributed by atoms with Crippen LogP contribution < -0.4 is 9.47 Å². The smallest absolute Gasteiger partial charge is 0.258 e. The van der Waals surface area contributed by atoms with Gasteiger partial charge in [0.15, 0.2) is 11.5 Å². The molecule has 1 aromatic carbocycles. The third kappa shape index (κ3) is 2.63. The van der Waals surface area contributed by atoms with E-state index < -0.39 is 0 Å². The summed E-state index contributed by atoms with van der Waals surface area (Å²) >= 11 is 0. The third-order valence-electron chi connectivity index (χ3n) is 5.39. The van der Waals surface area contributed by atoms with Crippen molar-refractivity contribution in [3.8, 4) is 11.5 Å². The summed E-state index contributed by atoms with van der Waals surface area (Å²) in [6, 6.07) is 6.23. The van der Waals surface area contributed by atoms with Crippen LogP contribution in [-0.4, -0.2) is 51.9 Å². The van der Waals surface area contributed by atoms with Gasteiger partial charge in [-0.15, -0.1) is 0 Å². The maximum absolute atomic E-state index is 13.3. The minimum absolute atomic E-state index is 0.0280. The zero-order valence-corrected chi connectivity index (χ0v) is 14.5. The van der Waals surface area contributed by atoms with E-state index in [2.05, 4.69) is 10.1 Å². The van der Waals surface area contributed by atoms with Crippen molar-refractivity contribution < 1.29 is 14.3 Å². The molecule has 1 aromatic heterocycles. The summed E-state index contributed by atoms with van der Waals surface area (Å²) in [5.74, 6) is 1.12. The molecule has 2 aliphatic rings. The molecule has 0 aliphatic carbocycles. The molecule has 0 saturated carbocycles. The van der Waals surface area contributed by atoms with E-state index in [0.717, 1.165) is 25.7 Å². The fourth-order valence-corrected chi connectivity index (χ4v) is 4.30. The first kappa shape index (κ1) is 15.9. The molecule has 0 N–H and O–H groups in total. The quantitative estimate of drug-likeness (QED) is 0.853. The van der Waals surface area contributed by atoms with Gasteiger partial charge in [0.1, 0.15) is 12.7 Å². The van der Waals surface area contributed by atoms with Crippen molar-refractivity contribution >= 4 is 5.91 Å². The molecule has 2 atom stereocenters. The number of ether oxygens (including phenoxy) is 2. The Morgan fingerprint density at radius 2 is 1.88 bits per heavy atom. The van der Waals surface area contributed by atoms with E-state index >= 15 is 0 Å². The highest BCUT2D eigenvalue weighted by atomic mass is 16.5. The van der Waals surface area contributed by atoms with Gasteiger partial charge in [-0.05, 0) is 37.8 Å². The van der Waals surface area contributed by atoms with Gasteiger partial charge in [-0.1, -0.05) is 6.07 Å². The second-order valence-corrected chi connectivity index (χ2v) is 6.64. The Morgan fingerprint density at radius 3 is 2.48 bits per heavy atom. The van der Waals surface area contributed by atoms with Crippen LogP contribution in [0, 0.1) is 0 Å². The predicted molar refractivity (Wildman–Crippen MR) is 90.8 cm³/mol. The molecule has 25 heavy (non-hydrogen) atoms. The highest BCUT2D eigenvalue weighted by Crippen LogP contribution is 2.42. The summed E-state index contributed by atoms with van der Waals surface area (Å²) in [7, 11) is 3.15. The van der Waals surface area contributed by atoms with Crippen molar-refractivity contribution in [2.45, 2.75) is 43.8 Å². The molecule has 2 bridgehead atoms. The third-order valence-corrected chi connectivity index (χ3v) is 5.39. The Balaban J connectivity index is 1.60. The molecule has 0 radical (unpaired) electrons. The van der Waals surface area contributed by atoms with Crippen molar-refractivity contribution in [1.29, 1.82) is 0 Å². The number of fused-ring (bicyclic) bond motifs is 2. The van der Waals surface area contributed by atoms with E-state index in [9.17, 15) is 4.79 Å². The Hall–Kier alpha value is -2.57. The molecule has 1 amide bonds. The van der Waals surface area contributed by atoms with Crippen LogP contribution in [0.15, 0.2) is 30.9 Å². The summed E-state index contributed by atoms with van der Waals surface area (Å²) in [6.07, 6.45) is 7.24. The first-order valence-corrected chi connectivity index (χ1v) is 8.60. The second kappa shape index (κ2) is 6.38. The predicted octanol–water partition coefficient (Wildman–Crippen LogP) is 2.30. The summed E-state index contributed by atoms with van der Waals surface area (Å²) in [5.41, 5.74) is 0.568. The molecule has 3 heterocycles. The average Bonchev–Trinajstić information content (AvgIpc) is 3.27. The van der Waals surface area contributed by atoms with Gasteiger partial charge < -0.3 is 14.4 Å². The van der Waals surface area contributed by atoms with Gasteiger partial charge in [-0.2, -0.15) is 5.10 Å². The fourth-order valence-electron chi connectivity index (χ4n) is 4.30. The molecule has 2 unspecified atom stereocenters. The topological polar surface area (TPSA) is 69.5 Å². The van der Waals surface area contributed by atoms with Gasteiger partial charge in [-0.25, -0.2) is 9.67 Å². The van der Waals surface area contributed by atoms with Crippen molar-refractivity contribution in [2.75, 3.05) is 14.2 Å². The number of piperidine rings is 1. The van der Waals surface area contributed by atoms with Crippen LogP contribution in [0.2, 0.25) is 0 Å². The highest BCUT2D eigenvalue weighted by Gasteiger charge is 2.44. The standard InChI is InChI=1S/C18H22N4O3/c1-24-16-5-3-4-15(17(16)25-2)18(23)22-12-6-7-13(22)9-14(8-12)21-11-19-10-20-21/h3-5,10-14H,6-9H2,1-2H3. The van der Waals surface area contributed by atoms with Crippen molar-refractivity contribution in [2.24, 2.45) is 0 Å². The van der Waals surface area contributed by atoms with Crippen LogP contribution in [0.4, 0.5) is 0 Å². The molecule has 4 rings (SSSR count). The monoisotopic (exact) mass is 342 g/mol. The number of carbonyl (C=O) groups excluding carboxylic acids is 1. The van der Waals surface area contributed by atoms with E-state index in [0.29, 0.717) is 23.1 Å². The Labute approximate surface area is 146 Å². The number of benzene rings is 1. The molecular formula is C18H22N4O3. The molecule has 7 nitrogen and oxygen atoms in total. The van der Waals surface area contributed by atoms with E-state index in [1.54, 1.807) is 32.9 Å². The number of nitrogens with zero attached hydrogens (tertiary/aromatic N) is 4. The molecular weight excluding hydrogens is 320 g/mol. The van der Waals surface area contributed by atoms with E-state index in [4.69, 9.17) is 9.47 Å². The van der Waals surface area contributed by atoms with Gasteiger partial charge in [0.25, 0.3) is 5.91 Å². The zero-order valence-electron chi connectivity index (χ0n) is 14.5. The Kier molecular flexibility index (Phi) is 4.07. The maximum atomic E-state index is 13.3. The largest absolute Gasteiger partial charge is 0.493 e. The highest BCUT2D eigenvalue weighted by molar-refractivity contribution is 5.98. The van der Waals surface area contributed by atoms with Gasteiger partial charge in [0, 0.05) is 12.1 Å². The Bertz CT molecular complexity index is 748. The lowest BCUT2D eigenvalue weighted by atomic mass is 9.96. The molecule has 2 saturated heterocycles. The van der Waals surface area contributed by atoms with E-state index in [-0.39, 0.29) is 18.0 Å². The van der Waals surface area contributed by atoms with Crippen LogP contribution in [0.5, 0.6) is 11.5 Å². The zero-order chi connectivity index (χ0) is 17.4. The van der Waals surface area contributed by atoms with Gasteiger partial charge in [0.2, 0.25) is 0 Å². The maximum Gasteiger partial charge on any atom is 0.258 e. The number of aromatic nitrogens is 3. The number of hydrogen-bond acceptors (Lipinski definition) is 5. The molecule has 2 aromatic rings. The van der Waals surface area contributed by atoms with Crippen LogP contribution in [-0.2, 0) is 0 Å². The number of amides is 1. The minimum Gasteiger partial charge on any atom is -0.493 e. The summed E-state index contributed by atoms with van der Waals surface area (Å²) in [4.78, 5) is 19.4. The van der Waals surface area contributed by atoms with Crippen molar-refractivity contribution in [3.05, 3.63) is 36.4 Å². The van der Waals surface area contributed by atoms with Crippen LogP contribution in [0.3, 0.4) is 0 Å². The number of rotatable bonds is 4. The Morgan fingerprint density at radius 1 is 1.12 bits per heavy atom. The minimum atomic E-state index is 0.0280. The lowest BCUT2D eigenvalue weighted by molar-refractivity contribution is 0.0520. The van der Waals surface area contributed by atoms with Gasteiger partial charge in [0.05, 0.1) is 25.8 Å². The number of carbonyl (C=O) groups is 1. The number of methoxy groups -OCH3 is 2. The second-order valence-electron chi connectivity index (χ2n) is 6.64. The summed E-state index contributed by atoms with van der Waals surface area (Å²) in [5, 5.41) is 4.28. The van der Waals surface area contributed by atoms with E-state index in [1.807, 2.05) is 21.7 Å². The van der Waals surface area contributed by atoms with Crippen molar-refractivity contribution in [3.63, 3.8) is 0 Å². The number of para-hydroxylation sites is 1. The molecule has 0 spiro atoms. The van der Waals surface area contributed by atoms with Gasteiger partial charge in [-0.3, -0.25) is 4.79 Å². The lowest BCUT2D eigenvalue weighted by Crippen LogP contribution is -2.47. The van der Waals surface area contributed by atoms with Crippen LogP contribution >= 0.6 is 0 Å². The number of hydrogen-bond donors (Lipinski definition) is 0. The summed E-state index contributed by atoms with van der Waals surface area (Å²) < 4.78 is 12.7.